The molecule has 1 fully saturated rings. The highest BCUT2D eigenvalue weighted by atomic mass is 35.5. The van der Waals surface area contributed by atoms with Crippen molar-refractivity contribution < 1.29 is 0 Å². The molecule has 1 aliphatic carbocycles. The Morgan fingerprint density at radius 2 is 1.90 bits per heavy atom. The SMILES string of the molecule is Cc1cc(Cl)ccc1NC1CC(C#N)(c2ccccc2)C1. The molecule has 1 N–H and O–H groups in total. The zero-order valence-electron chi connectivity index (χ0n) is 11.9. The lowest BCUT2D eigenvalue weighted by Crippen LogP contribution is -2.47. The molecule has 106 valence electrons. The van der Waals surface area contributed by atoms with Crippen LogP contribution in [0.1, 0.15) is 24.0 Å². The Kier molecular flexibility index (Phi) is 3.61. The fraction of sp³-hybridized carbons (Fsp3) is 0.278. The Morgan fingerprint density at radius 1 is 1.19 bits per heavy atom. The van der Waals surface area contributed by atoms with Crippen molar-refractivity contribution in [2.45, 2.75) is 31.2 Å². The predicted molar refractivity (Wildman–Crippen MR) is 86.6 cm³/mol. The van der Waals surface area contributed by atoms with Gasteiger partial charge in [0.15, 0.2) is 0 Å². The third-order valence-corrected chi connectivity index (χ3v) is 4.51. The molecule has 0 atom stereocenters. The number of nitriles is 1. The zero-order valence-corrected chi connectivity index (χ0v) is 12.7. The van der Waals surface area contributed by atoms with Crippen molar-refractivity contribution in [3.8, 4) is 6.07 Å². The van der Waals surface area contributed by atoms with Gasteiger partial charge in [0.05, 0.1) is 11.5 Å². The Bertz CT molecular complexity index is 682. The third-order valence-electron chi connectivity index (χ3n) is 4.28. The molecule has 2 aromatic rings. The lowest BCUT2D eigenvalue weighted by Gasteiger charge is -2.44. The summed E-state index contributed by atoms with van der Waals surface area (Å²) in [6.07, 6.45) is 1.69. The summed E-state index contributed by atoms with van der Waals surface area (Å²) in [7, 11) is 0. The molecular formula is C18H17ClN2. The van der Waals surface area contributed by atoms with E-state index in [0.29, 0.717) is 6.04 Å². The molecule has 2 aromatic carbocycles. The fourth-order valence-electron chi connectivity index (χ4n) is 3.04. The van der Waals surface area contributed by atoms with E-state index in [1.807, 2.05) is 55.5 Å². The zero-order chi connectivity index (χ0) is 14.9. The van der Waals surface area contributed by atoms with E-state index < -0.39 is 0 Å². The summed E-state index contributed by atoms with van der Waals surface area (Å²) in [5.41, 5.74) is 3.03. The highest BCUT2D eigenvalue weighted by Crippen LogP contribution is 2.44. The van der Waals surface area contributed by atoms with Crippen LogP contribution in [0.2, 0.25) is 5.02 Å². The molecule has 0 bridgehead atoms. The number of nitrogens with one attached hydrogen (secondary N) is 1. The molecule has 2 nitrogen and oxygen atoms in total. The molecule has 0 heterocycles. The number of hydrogen-bond acceptors (Lipinski definition) is 2. The van der Waals surface area contributed by atoms with Crippen molar-refractivity contribution in [1.82, 2.24) is 0 Å². The van der Waals surface area contributed by atoms with Gasteiger partial charge < -0.3 is 5.32 Å². The second kappa shape index (κ2) is 5.42. The van der Waals surface area contributed by atoms with Gasteiger partial charge in [-0.25, -0.2) is 0 Å². The molecule has 0 aliphatic heterocycles. The molecule has 0 unspecified atom stereocenters. The van der Waals surface area contributed by atoms with Crippen LogP contribution in [-0.4, -0.2) is 6.04 Å². The summed E-state index contributed by atoms with van der Waals surface area (Å²) in [6.45, 7) is 2.04. The molecule has 1 saturated carbocycles. The Balaban J connectivity index is 1.71. The van der Waals surface area contributed by atoms with E-state index in [4.69, 9.17) is 11.6 Å². The molecule has 0 spiro atoms. The maximum Gasteiger partial charge on any atom is 0.0861 e. The van der Waals surface area contributed by atoms with Crippen LogP contribution in [0.5, 0.6) is 0 Å². The molecule has 1 aliphatic rings. The van der Waals surface area contributed by atoms with Crippen LogP contribution >= 0.6 is 11.6 Å². The lowest BCUT2D eigenvalue weighted by atomic mass is 9.62. The first-order valence-corrected chi connectivity index (χ1v) is 7.50. The van der Waals surface area contributed by atoms with Gasteiger partial charge in [-0.15, -0.1) is 0 Å². The van der Waals surface area contributed by atoms with E-state index in [9.17, 15) is 5.26 Å². The van der Waals surface area contributed by atoms with Crippen LogP contribution in [0.25, 0.3) is 0 Å². The number of benzene rings is 2. The van der Waals surface area contributed by atoms with Crippen molar-refractivity contribution >= 4 is 17.3 Å². The Morgan fingerprint density at radius 3 is 2.52 bits per heavy atom. The largest absolute Gasteiger partial charge is 0.382 e. The van der Waals surface area contributed by atoms with E-state index in [1.165, 1.54) is 0 Å². The normalized spacial score (nSPS) is 24.0. The Labute approximate surface area is 130 Å². The second-order valence-corrected chi connectivity index (χ2v) is 6.21. The van der Waals surface area contributed by atoms with Gasteiger partial charge in [-0.2, -0.15) is 5.26 Å². The van der Waals surface area contributed by atoms with Crippen molar-refractivity contribution in [3.05, 3.63) is 64.7 Å². The predicted octanol–water partition coefficient (Wildman–Crippen LogP) is 4.68. The van der Waals surface area contributed by atoms with E-state index >= 15 is 0 Å². The van der Waals surface area contributed by atoms with Crippen LogP contribution < -0.4 is 5.32 Å². The standard InChI is InChI=1S/C18H17ClN2/c1-13-9-15(19)7-8-17(13)21-16-10-18(11-16,12-20)14-5-3-2-4-6-14/h2-9,16,21H,10-11H2,1H3. The Hall–Kier alpha value is -1.98. The monoisotopic (exact) mass is 296 g/mol. The minimum Gasteiger partial charge on any atom is -0.382 e. The molecule has 0 aromatic heterocycles. The highest BCUT2D eigenvalue weighted by Gasteiger charge is 2.46. The number of nitrogens with zero attached hydrogens (tertiary/aromatic N) is 1. The second-order valence-electron chi connectivity index (χ2n) is 5.77. The van der Waals surface area contributed by atoms with E-state index in [2.05, 4.69) is 11.4 Å². The van der Waals surface area contributed by atoms with Crippen LogP contribution in [0.4, 0.5) is 5.69 Å². The highest BCUT2D eigenvalue weighted by molar-refractivity contribution is 6.30. The molecular weight excluding hydrogens is 280 g/mol. The number of rotatable bonds is 3. The van der Waals surface area contributed by atoms with Crippen LogP contribution in [-0.2, 0) is 5.41 Å². The van der Waals surface area contributed by atoms with Gasteiger partial charge in [0.1, 0.15) is 0 Å². The number of hydrogen-bond donors (Lipinski definition) is 1. The summed E-state index contributed by atoms with van der Waals surface area (Å²) in [4.78, 5) is 0. The smallest absolute Gasteiger partial charge is 0.0861 e. The van der Waals surface area contributed by atoms with Gasteiger partial charge in [-0.1, -0.05) is 41.9 Å². The summed E-state index contributed by atoms with van der Waals surface area (Å²) in [5.74, 6) is 0. The molecule has 0 radical (unpaired) electrons. The molecule has 3 heteroatoms. The van der Waals surface area contributed by atoms with E-state index in [-0.39, 0.29) is 5.41 Å². The van der Waals surface area contributed by atoms with Crippen molar-refractivity contribution in [3.63, 3.8) is 0 Å². The molecule has 3 rings (SSSR count). The quantitative estimate of drug-likeness (QED) is 0.892. The van der Waals surface area contributed by atoms with Gasteiger partial charge in [-0.3, -0.25) is 0 Å². The van der Waals surface area contributed by atoms with Gasteiger partial charge in [0.25, 0.3) is 0 Å². The summed E-state index contributed by atoms with van der Waals surface area (Å²) in [5, 5.41) is 13.8. The first-order valence-electron chi connectivity index (χ1n) is 7.12. The van der Waals surface area contributed by atoms with Gasteiger partial charge in [0.2, 0.25) is 0 Å². The molecule has 21 heavy (non-hydrogen) atoms. The van der Waals surface area contributed by atoms with Crippen LogP contribution in [0.3, 0.4) is 0 Å². The van der Waals surface area contributed by atoms with Gasteiger partial charge in [0, 0.05) is 16.8 Å². The molecule has 0 amide bonds. The third kappa shape index (κ3) is 2.62. The van der Waals surface area contributed by atoms with Gasteiger partial charge in [-0.05, 0) is 49.1 Å². The summed E-state index contributed by atoms with van der Waals surface area (Å²) >= 11 is 5.98. The van der Waals surface area contributed by atoms with E-state index in [0.717, 1.165) is 34.7 Å². The number of halogens is 1. The lowest BCUT2D eigenvalue weighted by molar-refractivity contribution is 0.289. The van der Waals surface area contributed by atoms with Crippen molar-refractivity contribution in [2.75, 3.05) is 5.32 Å². The first-order chi connectivity index (χ1) is 10.1. The van der Waals surface area contributed by atoms with Crippen molar-refractivity contribution in [1.29, 1.82) is 5.26 Å². The number of anilines is 1. The van der Waals surface area contributed by atoms with E-state index in [1.54, 1.807) is 0 Å². The van der Waals surface area contributed by atoms with Crippen molar-refractivity contribution in [2.24, 2.45) is 0 Å². The first kappa shape index (κ1) is 14.0. The molecule has 0 saturated heterocycles. The fourth-order valence-corrected chi connectivity index (χ4v) is 3.27. The number of aryl methyl sites for hydroxylation is 1. The average Bonchev–Trinajstić information content (AvgIpc) is 2.45. The maximum absolute atomic E-state index is 9.57. The minimum atomic E-state index is -0.334. The van der Waals surface area contributed by atoms with Gasteiger partial charge >= 0.3 is 0 Å². The topological polar surface area (TPSA) is 35.8 Å². The van der Waals surface area contributed by atoms with Crippen LogP contribution in [0, 0.1) is 18.3 Å². The van der Waals surface area contributed by atoms with Crippen LogP contribution in [0.15, 0.2) is 48.5 Å². The minimum absolute atomic E-state index is 0.334. The average molecular weight is 297 g/mol. The maximum atomic E-state index is 9.57. The summed E-state index contributed by atoms with van der Waals surface area (Å²) < 4.78 is 0. The summed E-state index contributed by atoms with van der Waals surface area (Å²) in [6, 6.07) is 18.8.